The number of hydrogen-bond acceptors (Lipinski definition) is 7. The molecule has 1 aliphatic heterocycles. The number of nitrogens with one attached hydrogen (secondary N) is 1. The second-order valence-corrected chi connectivity index (χ2v) is 5.93. The highest BCUT2D eigenvalue weighted by molar-refractivity contribution is 6.29. The van der Waals surface area contributed by atoms with Gasteiger partial charge in [-0.25, -0.2) is 19.7 Å². The number of carbonyl (C=O) groups is 2. The van der Waals surface area contributed by atoms with Gasteiger partial charge in [0.2, 0.25) is 5.96 Å². The first-order valence-corrected chi connectivity index (χ1v) is 8.37. The normalized spacial score (nSPS) is 16.4. The van der Waals surface area contributed by atoms with Crippen LogP contribution in [0.3, 0.4) is 0 Å². The van der Waals surface area contributed by atoms with Crippen molar-refractivity contribution >= 4 is 29.5 Å². The molecular weight excluding hydrogens is 362 g/mol. The number of benzene rings is 1. The fourth-order valence-corrected chi connectivity index (χ4v) is 2.62. The van der Waals surface area contributed by atoms with Gasteiger partial charge in [0, 0.05) is 11.4 Å². The number of amides is 1. The number of aromatic nitrogens is 2. The minimum atomic E-state index is -0.658. The van der Waals surface area contributed by atoms with Gasteiger partial charge >= 0.3 is 5.97 Å². The van der Waals surface area contributed by atoms with E-state index in [1.165, 1.54) is 12.0 Å². The number of esters is 1. The zero-order chi connectivity index (χ0) is 20.3. The fraction of sp³-hybridized carbons (Fsp3) is 0.211. The van der Waals surface area contributed by atoms with E-state index in [1.54, 1.807) is 31.4 Å². The Bertz CT molecular complexity index is 962. The SMILES string of the molecule is COC(=O)/C=C1\NC(=Nc2nc(C)cc(C)n2)N(c2ccc(OC)cc2)C1=O. The second kappa shape index (κ2) is 7.87. The van der Waals surface area contributed by atoms with Crippen LogP contribution in [0.5, 0.6) is 5.75 Å². The van der Waals surface area contributed by atoms with Gasteiger partial charge in [0.15, 0.2) is 0 Å². The lowest BCUT2D eigenvalue weighted by molar-refractivity contribution is -0.135. The Morgan fingerprint density at radius 2 is 1.79 bits per heavy atom. The predicted molar refractivity (Wildman–Crippen MR) is 102 cm³/mol. The number of ether oxygens (including phenoxy) is 2. The Labute approximate surface area is 161 Å². The Kier molecular flexibility index (Phi) is 5.35. The van der Waals surface area contributed by atoms with E-state index in [2.05, 4.69) is 25.0 Å². The monoisotopic (exact) mass is 381 g/mol. The van der Waals surface area contributed by atoms with Crippen LogP contribution in [0.15, 0.2) is 47.1 Å². The molecule has 0 bridgehead atoms. The largest absolute Gasteiger partial charge is 0.497 e. The summed E-state index contributed by atoms with van der Waals surface area (Å²) < 4.78 is 9.76. The molecule has 2 aromatic rings. The Morgan fingerprint density at radius 1 is 1.14 bits per heavy atom. The summed E-state index contributed by atoms with van der Waals surface area (Å²) in [6.07, 6.45) is 1.07. The summed E-state index contributed by atoms with van der Waals surface area (Å²) in [5.41, 5.74) is 2.07. The van der Waals surface area contributed by atoms with Gasteiger partial charge < -0.3 is 14.8 Å². The average Bonchev–Trinajstić information content (AvgIpc) is 2.95. The molecule has 0 atom stereocenters. The molecule has 9 nitrogen and oxygen atoms in total. The first kappa shape index (κ1) is 19.0. The Morgan fingerprint density at radius 3 is 2.36 bits per heavy atom. The van der Waals surface area contributed by atoms with Crippen LogP contribution >= 0.6 is 0 Å². The zero-order valence-corrected chi connectivity index (χ0v) is 15.9. The van der Waals surface area contributed by atoms with E-state index in [4.69, 9.17) is 4.74 Å². The molecule has 9 heteroatoms. The lowest BCUT2D eigenvalue weighted by Gasteiger charge is -2.15. The van der Waals surface area contributed by atoms with Crippen LogP contribution in [-0.2, 0) is 14.3 Å². The van der Waals surface area contributed by atoms with E-state index in [0.29, 0.717) is 11.4 Å². The molecule has 0 unspecified atom stereocenters. The minimum absolute atomic E-state index is 0.0331. The van der Waals surface area contributed by atoms with E-state index >= 15 is 0 Å². The van der Waals surface area contributed by atoms with Crippen molar-refractivity contribution < 1.29 is 19.1 Å². The average molecular weight is 381 g/mol. The van der Waals surface area contributed by atoms with E-state index in [1.807, 2.05) is 19.9 Å². The third-order valence-electron chi connectivity index (χ3n) is 3.86. The van der Waals surface area contributed by atoms with Crippen LogP contribution in [0.25, 0.3) is 0 Å². The van der Waals surface area contributed by atoms with Gasteiger partial charge in [-0.3, -0.25) is 4.79 Å². The maximum absolute atomic E-state index is 12.9. The van der Waals surface area contributed by atoms with Gasteiger partial charge in [0.1, 0.15) is 11.4 Å². The van der Waals surface area contributed by atoms with Crippen molar-refractivity contribution in [3.8, 4) is 5.75 Å². The van der Waals surface area contributed by atoms with Gasteiger partial charge in [-0.05, 0) is 44.2 Å². The Hall–Kier alpha value is -3.75. The maximum Gasteiger partial charge on any atom is 0.332 e. The van der Waals surface area contributed by atoms with Crippen LogP contribution < -0.4 is 15.0 Å². The summed E-state index contributed by atoms with van der Waals surface area (Å²) in [6, 6.07) is 8.67. The number of anilines is 1. The molecule has 0 radical (unpaired) electrons. The molecule has 3 rings (SSSR count). The van der Waals surface area contributed by atoms with Crippen molar-refractivity contribution in [2.45, 2.75) is 13.8 Å². The van der Waals surface area contributed by atoms with Crippen molar-refractivity contribution in [3.63, 3.8) is 0 Å². The van der Waals surface area contributed by atoms with Crippen LogP contribution in [0.4, 0.5) is 11.6 Å². The number of aliphatic imine (C=N–C) groups is 1. The van der Waals surface area contributed by atoms with Crippen LogP contribution in [0, 0.1) is 13.8 Å². The Balaban J connectivity index is 2.07. The summed E-state index contributed by atoms with van der Waals surface area (Å²) in [6.45, 7) is 3.66. The number of hydrogen-bond donors (Lipinski definition) is 1. The molecule has 144 valence electrons. The standard InChI is InChI=1S/C19H19N5O4/c1-11-9-12(2)21-18(20-11)23-19-22-15(10-16(25)28-4)17(26)24(19)13-5-7-14(27-3)8-6-13/h5-10H,1-4H3,(H,20,21,22,23)/b15-10-. The highest BCUT2D eigenvalue weighted by atomic mass is 16.5. The first-order valence-electron chi connectivity index (χ1n) is 8.37. The predicted octanol–water partition coefficient (Wildman–Crippen LogP) is 1.78. The van der Waals surface area contributed by atoms with Crippen molar-refractivity contribution in [2.24, 2.45) is 4.99 Å². The molecule has 1 saturated heterocycles. The third kappa shape index (κ3) is 3.98. The molecule has 0 saturated carbocycles. The first-order chi connectivity index (χ1) is 13.4. The maximum atomic E-state index is 12.9. The van der Waals surface area contributed by atoms with E-state index in [0.717, 1.165) is 17.5 Å². The van der Waals surface area contributed by atoms with E-state index in [-0.39, 0.29) is 17.6 Å². The molecule has 1 aliphatic rings. The van der Waals surface area contributed by atoms with Crippen LogP contribution in [0.2, 0.25) is 0 Å². The van der Waals surface area contributed by atoms with Crippen LogP contribution in [-0.4, -0.2) is 42.0 Å². The molecule has 0 aliphatic carbocycles. The zero-order valence-electron chi connectivity index (χ0n) is 15.9. The number of nitrogens with zero attached hydrogens (tertiary/aromatic N) is 4. The lowest BCUT2D eigenvalue weighted by Crippen LogP contribution is -2.32. The number of methoxy groups -OCH3 is 2. The number of rotatable bonds is 4. The minimum Gasteiger partial charge on any atom is -0.497 e. The molecule has 28 heavy (non-hydrogen) atoms. The van der Waals surface area contributed by atoms with Gasteiger partial charge in [-0.2, -0.15) is 4.99 Å². The van der Waals surface area contributed by atoms with Gasteiger partial charge in [0.25, 0.3) is 11.9 Å². The van der Waals surface area contributed by atoms with Crippen molar-refractivity contribution in [2.75, 3.05) is 19.1 Å². The van der Waals surface area contributed by atoms with Crippen molar-refractivity contribution in [3.05, 3.63) is 53.5 Å². The number of aryl methyl sites for hydroxylation is 2. The summed E-state index contributed by atoms with van der Waals surface area (Å²) in [4.78, 5) is 38.7. The summed E-state index contributed by atoms with van der Waals surface area (Å²) in [7, 11) is 2.79. The molecule has 0 spiro atoms. The van der Waals surface area contributed by atoms with E-state index in [9.17, 15) is 9.59 Å². The van der Waals surface area contributed by atoms with Crippen molar-refractivity contribution in [1.82, 2.24) is 15.3 Å². The van der Waals surface area contributed by atoms with E-state index < -0.39 is 11.9 Å². The molecule has 1 amide bonds. The van der Waals surface area contributed by atoms with Crippen LogP contribution in [0.1, 0.15) is 11.4 Å². The highest BCUT2D eigenvalue weighted by Crippen LogP contribution is 2.25. The third-order valence-corrected chi connectivity index (χ3v) is 3.86. The molecule has 2 heterocycles. The summed E-state index contributed by atoms with van der Waals surface area (Å²) >= 11 is 0. The lowest BCUT2D eigenvalue weighted by atomic mass is 10.2. The number of guanidine groups is 1. The quantitative estimate of drug-likeness (QED) is 0.635. The molecule has 1 aromatic carbocycles. The molecule has 1 N–H and O–H groups in total. The molecular formula is C19H19N5O4. The number of carbonyl (C=O) groups excluding carboxylic acids is 2. The summed E-state index contributed by atoms with van der Waals surface area (Å²) in [5.74, 6) is -0.0983. The topological polar surface area (TPSA) is 106 Å². The van der Waals surface area contributed by atoms with Gasteiger partial charge in [-0.1, -0.05) is 0 Å². The van der Waals surface area contributed by atoms with Crippen molar-refractivity contribution in [1.29, 1.82) is 0 Å². The van der Waals surface area contributed by atoms with Gasteiger partial charge in [0.05, 0.1) is 26.0 Å². The molecule has 1 fully saturated rings. The summed E-state index contributed by atoms with van der Waals surface area (Å²) in [5, 5.41) is 2.85. The fourth-order valence-electron chi connectivity index (χ4n) is 2.62. The highest BCUT2D eigenvalue weighted by Gasteiger charge is 2.34. The molecule has 1 aromatic heterocycles. The second-order valence-electron chi connectivity index (χ2n) is 5.93. The van der Waals surface area contributed by atoms with Gasteiger partial charge in [-0.15, -0.1) is 0 Å². The smallest absolute Gasteiger partial charge is 0.332 e.